The Labute approximate surface area is 99.5 Å². The average Bonchev–Trinajstić information content (AvgIpc) is 2.77. The van der Waals surface area contributed by atoms with Crippen molar-refractivity contribution in [1.82, 2.24) is 4.98 Å². The molecular formula is C14H13NO2. The van der Waals surface area contributed by atoms with Crippen molar-refractivity contribution in [1.29, 1.82) is 0 Å². The topological polar surface area (TPSA) is 49.9 Å². The van der Waals surface area contributed by atoms with Gasteiger partial charge in [-0.05, 0) is 18.6 Å². The molecule has 3 heteroatoms. The Bertz CT molecular complexity index is 555. The Morgan fingerprint density at radius 2 is 2.18 bits per heavy atom. The van der Waals surface area contributed by atoms with Crippen LogP contribution in [0.2, 0.25) is 0 Å². The molecule has 0 radical (unpaired) electrons. The minimum Gasteiger partial charge on any atom is -0.358 e. The molecule has 2 rings (SSSR count). The molecule has 1 heterocycles. The summed E-state index contributed by atoms with van der Waals surface area (Å²) < 4.78 is 0. The number of Topliss-reactive ketones (excluding diaryl/α,β-unsaturated/α-hetero) is 1. The Morgan fingerprint density at radius 1 is 1.35 bits per heavy atom. The molecule has 0 saturated carbocycles. The summed E-state index contributed by atoms with van der Waals surface area (Å²) in [5, 5.41) is 0. The fraction of sp³-hybridized carbons (Fsp3) is 0.143. The van der Waals surface area contributed by atoms with E-state index in [0.717, 1.165) is 11.1 Å². The number of carbonyl (C=O) groups is 2. The molecule has 0 amide bonds. The lowest BCUT2D eigenvalue weighted by Crippen LogP contribution is -2.02. The lowest BCUT2D eigenvalue weighted by atomic mass is 10.0. The van der Waals surface area contributed by atoms with E-state index in [1.807, 2.05) is 31.2 Å². The van der Waals surface area contributed by atoms with Crippen LogP contribution in [0.3, 0.4) is 0 Å². The second-order valence-electron chi connectivity index (χ2n) is 4.05. The minimum absolute atomic E-state index is 0.0138. The van der Waals surface area contributed by atoms with Crippen molar-refractivity contribution in [3.05, 3.63) is 58.9 Å². The van der Waals surface area contributed by atoms with Gasteiger partial charge in [-0.25, -0.2) is 0 Å². The highest BCUT2D eigenvalue weighted by Crippen LogP contribution is 2.10. The minimum atomic E-state index is 0.0138. The predicted molar refractivity (Wildman–Crippen MR) is 65.4 cm³/mol. The van der Waals surface area contributed by atoms with E-state index in [1.165, 1.54) is 0 Å². The van der Waals surface area contributed by atoms with Gasteiger partial charge in [0.05, 0.1) is 5.69 Å². The average molecular weight is 227 g/mol. The number of H-pyrrole nitrogens is 1. The van der Waals surface area contributed by atoms with Gasteiger partial charge in [0.2, 0.25) is 0 Å². The van der Waals surface area contributed by atoms with E-state index in [-0.39, 0.29) is 5.78 Å². The van der Waals surface area contributed by atoms with Crippen molar-refractivity contribution in [2.24, 2.45) is 0 Å². The number of hydrogen-bond acceptors (Lipinski definition) is 2. The third-order valence-corrected chi connectivity index (χ3v) is 2.60. The maximum absolute atomic E-state index is 11.9. The zero-order valence-electron chi connectivity index (χ0n) is 9.57. The molecule has 1 N–H and O–H groups in total. The number of rotatable bonds is 4. The van der Waals surface area contributed by atoms with E-state index >= 15 is 0 Å². The molecule has 86 valence electrons. The summed E-state index contributed by atoms with van der Waals surface area (Å²) in [4.78, 5) is 25.2. The normalized spacial score (nSPS) is 10.2. The van der Waals surface area contributed by atoms with Gasteiger partial charge in [0, 0.05) is 18.2 Å². The van der Waals surface area contributed by atoms with Crippen LogP contribution in [0.1, 0.15) is 32.0 Å². The molecule has 0 aliphatic carbocycles. The van der Waals surface area contributed by atoms with E-state index in [9.17, 15) is 9.59 Å². The predicted octanol–water partition coefficient (Wildman–Crippen LogP) is 2.56. The number of carbonyl (C=O) groups excluding carboxylic acids is 2. The van der Waals surface area contributed by atoms with Crippen molar-refractivity contribution in [2.45, 2.75) is 13.3 Å². The number of ketones is 1. The van der Waals surface area contributed by atoms with E-state index in [0.29, 0.717) is 24.0 Å². The van der Waals surface area contributed by atoms with E-state index in [2.05, 4.69) is 4.98 Å². The van der Waals surface area contributed by atoms with Crippen LogP contribution in [0, 0.1) is 6.92 Å². The molecule has 0 saturated heterocycles. The molecule has 0 aliphatic heterocycles. The van der Waals surface area contributed by atoms with E-state index in [1.54, 1.807) is 12.3 Å². The number of hydrogen-bond donors (Lipinski definition) is 1. The summed E-state index contributed by atoms with van der Waals surface area (Å²) in [5.74, 6) is 0.0138. The number of benzene rings is 1. The third kappa shape index (κ3) is 2.69. The van der Waals surface area contributed by atoms with Gasteiger partial charge in [0.1, 0.15) is 0 Å². The Balaban J connectivity index is 2.14. The second kappa shape index (κ2) is 4.78. The van der Waals surface area contributed by atoms with Crippen LogP contribution >= 0.6 is 0 Å². The summed E-state index contributed by atoms with van der Waals surface area (Å²) in [6.07, 6.45) is 2.63. The SMILES string of the molecule is Cc1cccc(CC(=O)c2c[nH]c(C=O)c2)c1. The highest BCUT2D eigenvalue weighted by Gasteiger charge is 2.09. The molecule has 0 fully saturated rings. The zero-order chi connectivity index (χ0) is 12.3. The van der Waals surface area contributed by atoms with Gasteiger partial charge in [0.15, 0.2) is 12.1 Å². The van der Waals surface area contributed by atoms with Gasteiger partial charge >= 0.3 is 0 Å². The third-order valence-electron chi connectivity index (χ3n) is 2.60. The van der Waals surface area contributed by atoms with Gasteiger partial charge in [0.25, 0.3) is 0 Å². The summed E-state index contributed by atoms with van der Waals surface area (Å²) in [7, 11) is 0. The summed E-state index contributed by atoms with van der Waals surface area (Å²) in [6.45, 7) is 1.99. The smallest absolute Gasteiger partial charge is 0.168 e. The number of aromatic amines is 1. The van der Waals surface area contributed by atoms with Crippen LogP contribution in [-0.2, 0) is 6.42 Å². The van der Waals surface area contributed by atoms with Gasteiger partial charge in [-0.3, -0.25) is 9.59 Å². The van der Waals surface area contributed by atoms with E-state index < -0.39 is 0 Å². The number of aromatic nitrogens is 1. The first-order valence-corrected chi connectivity index (χ1v) is 5.41. The molecule has 0 unspecified atom stereocenters. The summed E-state index contributed by atoms with van der Waals surface area (Å²) in [5.41, 5.74) is 3.10. The maximum atomic E-state index is 11.9. The maximum Gasteiger partial charge on any atom is 0.168 e. The second-order valence-corrected chi connectivity index (χ2v) is 4.05. The molecular weight excluding hydrogens is 214 g/mol. The standard InChI is InChI=1S/C14H13NO2/c1-10-3-2-4-11(5-10)6-14(17)12-7-13(9-16)15-8-12/h2-5,7-9,15H,6H2,1H3. The first kappa shape index (κ1) is 11.3. The molecule has 1 aromatic carbocycles. The van der Waals surface area contributed by atoms with Crippen molar-refractivity contribution in [2.75, 3.05) is 0 Å². The van der Waals surface area contributed by atoms with Crippen LogP contribution in [0.5, 0.6) is 0 Å². The largest absolute Gasteiger partial charge is 0.358 e. The Kier molecular flexibility index (Phi) is 3.19. The van der Waals surface area contributed by atoms with Crippen LogP contribution in [0.25, 0.3) is 0 Å². The van der Waals surface area contributed by atoms with Gasteiger partial charge < -0.3 is 4.98 Å². The Morgan fingerprint density at radius 3 is 2.82 bits per heavy atom. The van der Waals surface area contributed by atoms with Crippen molar-refractivity contribution >= 4 is 12.1 Å². The summed E-state index contributed by atoms with van der Waals surface area (Å²) >= 11 is 0. The van der Waals surface area contributed by atoms with Crippen LogP contribution in [0.4, 0.5) is 0 Å². The van der Waals surface area contributed by atoms with Crippen molar-refractivity contribution in [3.8, 4) is 0 Å². The first-order valence-electron chi connectivity index (χ1n) is 5.41. The molecule has 0 atom stereocenters. The lowest BCUT2D eigenvalue weighted by Gasteiger charge is -2.00. The zero-order valence-corrected chi connectivity index (χ0v) is 9.57. The highest BCUT2D eigenvalue weighted by atomic mass is 16.1. The number of aldehydes is 1. The van der Waals surface area contributed by atoms with Gasteiger partial charge in [-0.1, -0.05) is 29.8 Å². The van der Waals surface area contributed by atoms with Crippen molar-refractivity contribution < 1.29 is 9.59 Å². The molecule has 2 aromatic rings. The van der Waals surface area contributed by atoms with E-state index in [4.69, 9.17) is 0 Å². The fourth-order valence-corrected chi connectivity index (χ4v) is 1.75. The highest BCUT2D eigenvalue weighted by molar-refractivity contribution is 5.98. The molecule has 1 aromatic heterocycles. The molecule has 0 bridgehead atoms. The quantitative estimate of drug-likeness (QED) is 0.644. The van der Waals surface area contributed by atoms with Crippen LogP contribution in [-0.4, -0.2) is 17.1 Å². The Hall–Kier alpha value is -2.16. The lowest BCUT2D eigenvalue weighted by molar-refractivity contribution is 0.0993. The molecule has 0 spiro atoms. The monoisotopic (exact) mass is 227 g/mol. The van der Waals surface area contributed by atoms with Gasteiger partial charge in [-0.2, -0.15) is 0 Å². The summed E-state index contributed by atoms with van der Waals surface area (Å²) in [6, 6.07) is 9.43. The van der Waals surface area contributed by atoms with Crippen LogP contribution < -0.4 is 0 Å². The van der Waals surface area contributed by atoms with Crippen LogP contribution in [0.15, 0.2) is 36.5 Å². The fourth-order valence-electron chi connectivity index (χ4n) is 1.75. The molecule has 0 aliphatic rings. The number of aryl methyl sites for hydroxylation is 1. The first-order chi connectivity index (χ1) is 8.19. The van der Waals surface area contributed by atoms with Gasteiger partial charge in [-0.15, -0.1) is 0 Å². The molecule has 3 nitrogen and oxygen atoms in total. The number of nitrogens with one attached hydrogen (secondary N) is 1. The molecule has 17 heavy (non-hydrogen) atoms. The van der Waals surface area contributed by atoms with Crippen molar-refractivity contribution in [3.63, 3.8) is 0 Å².